The normalized spacial score (nSPS) is 11.0. The van der Waals surface area contributed by atoms with Gasteiger partial charge in [0, 0.05) is 18.0 Å². The maximum Gasteiger partial charge on any atom is 0.147 e. The van der Waals surface area contributed by atoms with E-state index in [1.54, 1.807) is 12.4 Å². The first-order valence-corrected chi connectivity index (χ1v) is 7.63. The molecule has 7 nitrogen and oxygen atoms in total. The number of nitrogens with two attached hydrogens (primary N) is 1. The van der Waals surface area contributed by atoms with Crippen LogP contribution in [0.15, 0.2) is 42.7 Å². The Bertz CT molecular complexity index is 990. The van der Waals surface area contributed by atoms with Crippen LogP contribution in [0.5, 0.6) is 5.75 Å². The number of H-pyrrole nitrogens is 2. The lowest BCUT2D eigenvalue weighted by atomic mass is 10.1. The van der Waals surface area contributed by atoms with Gasteiger partial charge in [0.2, 0.25) is 0 Å². The molecule has 0 aliphatic rings. The number of nitrogen functional groups attached to an aromatic ring is 1. The summed E-state index contributed by atoms with van der Waals surface area (Å²) in [5.41, 5.74) is 10.2. The van der Waals surface area contributed by atoms with Crippen LogP contribution in [0.4, 0.5) is 5.82 Å². The Balaban J connectivity index is 1.85. The summed E-state index contributed by atoms with van der Waals surface area (Å²) in [6, 6.07) is 9.60. The highest BCUT2D eigenvalue weighted by Gasteiger charge is 2.14. The number of benzene rings is 1. The third-order valence-corrected chi connectivity index (χ3v) is 3.76. The number of fused-ring (bicyclic) bond motifs is 1. The van der Waals surface area contributed by atoms with Crippen LogP contribution < -0.4 is 10.5 Å². The van der Waals surface area contributed by atoms with Crippen molar-refractivity contribution in [2.45, 2.75) is 6.92 Å². The van der Waals surface area contributed by atoms with Crippen LogP contribution in [0.1, 0.15) is 6.92 Å². The summed E-state index contributed by atoms with van der Waals surface area (Å²) in [5, 5.41) is 6.89. The average molecular weight is 320 g/mol. The van der Waals surface area contributed by atoms with E-state index in [1.165, 1.54) is 0 Å². The molecule has 0 saturated heterocycles. The lowest BCUT2D eigenvalue weighted by molar-refractivity contribution is 0.344. The van der Waals surface area contributed by atoms with Crippen molar-refractivity contribution in [1.82, 2.24) is 25.1 Å². The Morgan fingerprint density at radius 2 is 2.17 bits per heavy atom. The molecule has 0 aliphatic carbocycles. The predicted molar refractivity (Wildman–Crippen MR) is 92.5 cm³/mol. The molecular formula is C17H16N6O. The molecule has 7 heteroatoms. The number of pyridine rings is 1. The summed E-state index contributed by atoms with van der Waals surface area (Å²) in [7, 11) is 0. The third-order valence-electron chi connectivity index (χ3n) is 3.76. The van der Waals surface area contributed by atoms with Crippen molar-refractivity contribution in [3.63, 3.8) is 0 Å². The van der Waals surface area contributed by atoms with E-state index >= 15 is 0 Å². The zero-order valence-electron chi connectivity index (χ0n) is 13.1. The second-order valence-corrected chi connectivity index (χ2v) is 5.30. The molecule has 4 N–H and O–H groups in total. The molecule has 0 aliphatic heterocycles. The number of anilines is 1. The lowest BCUT2D eigenvalue weighted by Crippen LogP contribution is -1.96. The first kappa shape index (κ1) is 14.3. The van der Waals surface area contributed by atoms with E-state index in [-0.39, 0.29) is 0 Å². The summed E-state index contributed by atoms with van der Waals surface area (Å²) in [4.78, 5) is 12.2. The van der Waals surface area contributed by atoms with Crippen LogP contribution >= 0.6 is 0 Å². The van der Waals surface area contributed by atoms with Gasteiger partial charge in [-0.15, -0.1) is 0 Å². The standard InChI is InChI=1S/C17H16N6O/c1-2-24-14-5-3-4-13-15(14)22-17(21-13)11-8-10(9-19-16(11)18)12-6-7-20-23-12/h3-9H,2H2,1H3,(H2,18,19)(H,20,23)(H,21,22). The molecule has 3 aromatic heterocycles. The zero-order valence-corrected chi connectivity index (χ0v) is 13.1. The SMILES string of the molecule is CCOc1cccc2[nH]c(-c3cc(-c4ccn[nH]4)cnc3N)nc12. The minimum atomic E-state index is 0.412. The van der Waals surface area contributed by atoms with E-state index in [2.05, 4.69) is 25.1 Å². The molecule has 0 amide bonds. The fourth-order valence-corrected chi connectivity index (χ4v) is 2.63. The maximum absolute atomic E-state index is 6.07. The molecule has 4 aromatic rings. The van der Waals surface area contributed by atoms with Crippen LogP contribution in [0.2, 0.25) is 0 Å². The summed E-state index contributed by atoms with van der Waals surface area (Å²) >= 11 is 0. The number of hydrogen-bond donors (Lipinski definition) is 3. The summed E-state index contributed by atoms with van der Waals surface area (Å²) in [6.45, 7) is 2.53. The van der Waals surface area contributed by atoms with Gasteiger partial charge in [0.25, 0.3) is 0 Å². The zero-order chi connectivity index (χ0) is 16.5. The molecule has 0 spiro atoms. The molecule has 1 aromatic carbocycles. The number of aromatic nitrogens is 5. The van der Waals surface area contributed by atoms with Crippen molar-refractivity contribution < 1.29 is 4.74 Å². The van der Waals surface area contributed by atoms with Crippen molar-refractivity contribution in [3.05, 3.63) is 42.7 Å². The molecule has 0 bridgehead atoms. The van der Waals surface area contributed by atoms with Gasteiger partial charge in [0.15, 0.2) is 0 Å². The van der Waals surface area contributed by atoms with Crippen molar-refractivity contribution >= 4 is 16.9 Å². The van der Waals surface area contributed by atoms with E-state index in [4.69, 9.17) is 10.5 Å². The fourth-order valence-electron chi connectivity index (χ4n) is 2.63. The number of imidazole rings is 1. The summed E-state index contributed by atoms with van der Waals surface area (Å²) in [6.07, 6.45) is 3.40. The second kappa shape index (κ2) is 5.69. The molecule has 0 unspecified atom stereocenters. The Hall–Kier alpha value is -3.35. The van der Waals surface area contributed by atoms with Crippen LogP contribution in [-0.4, -0.2) is 31.8 Å². The Labute approximate surface area is 137 Å². The first-order chi connectivity index (χ1) is 11.8. The van der Waals surface area contributed by atoms with Crippen LogP contribution in [0.25, 0.3) is 33.7 Å². The number of nitrogens with zero attached hydrogens (tertiary/aromatic N) is 3. The van der Waals surface area contributed by atoms with E-state index < -0.39 is 0 Å². The fraction of sp³-hybridized carbons (Fsp3) is 0.118. The minimum absolute atomic E-state index is 0.412. The highest BCUT2D eigenvalue weighted by Crippen LogP contribution is 2.31. The third kappa shape index (κ3) is 2.36. The van der Waals surface area contributed by atoms with Gasteiger partial charge in [-0.3, -0.25) is 5.10 Å². The van der Waals surface area contributed by atoms with Gasteiger partial charge in [0.1, 0.15) is 22.9 Å². The first-order valence-electron chi connectivity index (χ1n) is 7.63. The number of aromatic amines is 2. The van der Waals surface area contributed by atoms with Gasteiger partial charge >= 0.3 is 0 Å². The van der Waals surface area contributed by atoms with Crippen molar-refractivity contribution in [1.29, 1.82) is 0 Å². The Kier molecular flexibility index (Phi) is 3.38. The minimum Gasteiger partial charge on any atom is -0.492 e. The average Bonchev–Trinajstić information content (AvgIpc) is 3.25. The molecule has 0 saturated carbocycles. The predicted octanol–water partition coefficient (Wildman–Crippen LogP) is 3.00. The van der Waals surface area contributed by atoms with Gasteiger partial charge in [-0.05, 0) is 31.2 Å². The van der Waals surface area contributed by atoms with Crippen molar-refractivity contribution in [2.75, 3.05) is 12.3 Å². The molecule has 0 atom stereocenters. The smallest absolute Gasteiger partial charge is 0.147 e. The maximum atomic E-state index is 6.07. The quantitative estimate of drug-likeness (QED) is 0.536. The number of hydrogen-bond acceptors (Lipinski definition) is 5. The van der Waals surface area contributed by atoms with Crippen LogP contribution in [0, 0.1) is 0 Å². The van der Waals surface area contributed by atoms with E-state index in [1.807, 2.05) is 37.3 Å². The van der Waals surface area contributed by atoms with Gasteiger partial charge in [-0.1, -0.05) is 6.07 Å². The number of nitrogens with one attached hydrogen (secondary N) is 2. The summed E-state index contributed by atoms with van der Waals surface area (Å²) < 4.78 is 5.64. The molecule has 120 valence electrons. The highest BCUT2D eigenvalue weighted by atomic mass is 16.5. The summed E-state index contributed by atoms with van der Waals surface area (Å²) in [5.74, 6) is 1.81. The van der Waals surface area contributed by atoms with Gasteiger partial charge in [0.05, 0.1) is 23.4 Å². The molecular weight excluding hydrogens is 304 g/mol. The molecule has 4 rings (SSSR count). The van der Waals surface area contributed by atoms with Gasteiger partial charge in [-0.25, -0.2) is 9.97 Å². The molecule has 24 heavy (non-hydrogen) atoms. The van der Waals surface area contributed by atoms with Crippen molar-refractivity contribution in [3.8, 4) is 28.4 Å². The monoisotopic (exact) mass is 320 g/mol. The van der Waals surface area contributed by atoms with Gasteiger partial charge < -0.3 is 15.5 Å². The van der Waals surface area contributed by atoms with Crippen LogP contribution in [-0.2, 0) is 0 Å². The second-order valence-electron chi connectivity index (χ2n) is 5.30. The topological polar surface area (TPSA) is 106 Å². The van der Waals surface area contributed by atoms with Crippen molar-refractivity contribution in [2.24, 2.45) is 0 Å². The van der Waals surface area contributed by atoms with E-state index in [0.29, 0.717) is 18.2 Å². The number of rotatable bonds is 4. The molecule has 0 fully saturated rings. The van der Waals surface area contributed by atoms with Crippen LogP contribution in [0.3, 0.4) is 0 Å². The van der Waals surface area contributed by atoms with Gasteiger partial charge in [-0.2, -0.15) is 5.10 Å². The molecule has 3 heterocycles. The van der Waals surface area contributed by atoms with E-state index in [0.717, 1.165) is 33.6 Å². The number of ether oxygens (including phenoxy) is 1. The number of para-hydroxylation sites is 1. The highest BCUT2D eigenvalue weighted by molar-refractivity contribution is 5.87. The Morgan fingerprint density at radius 1 is 1.25 bits per heavy atom. The van der Waals surface area contributed by atoms with E-state index in [9.17, 15) is 0 Å². The molecule has 0 radical (unpaired) electrons. The largest absolute Gasteiger partial charge is 0.492 e. The Morgan fingerprint density at radius 3 is 2.96 bits per heavy atom. The lowest BCUT2D eigenvalue weighted by Gasteiger charge is -2.04.